The molecule has 0 atom stereocenters. The van der Waals surface area contributed by atoms with Crippen molar-refractivity contribution in [3.63, 3.8) is 0 Å². The quantitative estimate of drug-likeness (QED) is 0.810. The first-order valence-electron chi connectivity index (χ1n) is 6.90. The van der Waals surface area contributed by atoms with Crippen molar-refractivity contribution in [1.82, 2.24) is 24.8 Å². The van der Waals surface area contributed by atoms with Crippen LogP contribution in [0.1, 0.15) is 0 Å². The summed E-state index contributed by atoms with van der Waals surface area (Å²) in [6.07, 6.45) is 5.55. The average molecular weight is 258 g/mol. The summed E-state index contributed by atoms with van der Waals surface area (Å²) in [7, 11) is 0. The van der Waals surface area contributed by atoms with E-state index in [1.807, 2.05) is 29.2 Å². The SMILES string of the molecule is c1cn2nccc2c(N2CC(N3CCNCC3)C2)n1. The highest BCUT2D eigenvalue weighted by atomic mass is 15.4. The number of hydrogen-bond acceptors (Lipinski definition) is 5. The lowest BCUT2D eigenvalue weighted by Gasteiger charge is -2.47. The van der Waals surface area contributed by atoms with Gasteiger partial charge in [0, 0.05) is 57.7 Å². The maximum atomic E-state index is 4.51. The van der Waals surface area contributed by atoms with E-state index in [-0.39, 0.29) is 0 Å². The lowest BCUT2D eigenvalue weighted by atomic mass is 10.1. The second-order valence-corrected chi connectivity index (χ2v) is 5.26. The molecule has 0 amide bonds. The van der Waals surface area contributed by atoms with Crippen LogP contribution in [0.3, 0.4) is 0 Å². The Morgan fingerprint density at radius 1 is 1.16 bits per heavy atom. The molecule has 0 spiro atoms. The molecule has 100 valence electrons. The third-order valence-electron chi connectivity index (χ3n) is 4.13. The maximum Gasteiger partial charge on any atom is 0.154 e. The van der Waals surface area contributed by atoms with Gasteiger partial charge in [-0.25, -0.2) is 9.50 Å². The summed E-state index contributed by atoms with van der Waals surface area (Å²) in [6, 6.07) is 2.72. The van der Waals surface area contributed by atoms with Crippen molar-refractivity contribution in [3.05, 3.63) is 24.7 Å². The Morgan fingerprint density at radius 2 is 2.00 bits per heavy atom. The number of hydrogen-bond donors (Lipinski definition) is 1. The van der Waals surface area contributed by atoms with Crippen molar-refractivity contribution in [3.8, 4) is 0 Å². The highest BCUT2D eigenvalue weighted by molar-refractivity contribution is 5.69. The van der Waals surface area contributed by atoms with Gasteiger partial charge in [-0.2, -0.15) is 5.10 Å². The van der Waals surface area contributed by atoms with Gasteiger partial charge in [0.25, 0.3) is 0 Å². The third kappa shape index (κ3) is 1.87. The molecule has 6 nitrogen and oxygen atoms in total. The number of fused-ring (bicyclic) bond motifs is 1. The molecule has 0 aromatic carbocycles. The summed E-state index contributed by atoms with van der Waals surface area (Å²) in [5.74, 6) is 1.06. The van der Waals surface area contributed by atoms with Crippen LogP contribution < -0.4 is 10.2 Å². The van der Waals surface area contributed by atoms with E-state index in [0.29, 0.717) is 6.04 Å². The van der Waals surface area contributed by atoms with Gasteiger partial charge in [0.2, 0.25) is 0 Å². The summed E-state index contributed by atoms with van der Waals surface area (Å²) >= 11 is 0. The number of nitrogens with one attached hydrogen (secondary N) is 1. The Bertz CT molecular complexity index is 567. The zero-order valence-electron chi connectivity index (χ0n) is 10.9. The van der Waals surface area contributed by atoms with Crippen LogP contribution in [-0.4, -0.2) is 64.8 Å². The molecule has 2 aliphatic rings. The fourth-order valence-electron chi connectivity index (χ4n) is 2.99. The van der Waals surface area contributed by atoms with Crippen LogP contribution in [0.5, 0.6) is 0 Å². The van der Waals surface area contributed by atoms with Crippen LogP contribution in [0.4, 0.5) is 5.82 Å². The van der Waals surface area contributed by atoms with E-state index < -0.39 is 0 Å². The first-order chi connectivity index (χ1) is 9.42. The fourth-order valence-corrected chi connectivity index (χ4v) is 2.99. The van der Waals surface area contributed by atoms with Gasteiger partial charge in [-0.15, -0.1) is 0 Å². The summed E-state index contributed by atoms with van der Waals surface area (Å²) in [6.45, 7) is 6.74. The molecule has 4 heterocycles. The molecular weight excluding hydrogens is 240 g/mol. The zero-order valence-corrected chi connectivity index (χ0v) is 10.9. The molecule has 19 heavy (non-hydrogen) atoms. The second-order valence-electron chi connectivity index (χ2n) is 5.26. The molecule has 6 heteroatoms. The van der Waals surface area contributed by atoms with E-state index in [9.17, 15) is 0 Å². The summed E-state index contributed by atoms with van der Waals surface area (Å²) in [5, 5.41) is 7.66. The Balaban J connectivity index is 1.49. The fraction of sp³-hybridized carbons (Fsp3) is 0.538. The Hall–Kier alpha value is -1.66. The first-order valence-corrected chi connectivity index (χ1v) is 6.90. The topological polar surface area (TPSA) is 48.7 Å². The Kier molecular flexibility index (Phi) is 2.63. The van der Waals surface area contributed by atoms with Gasteiger partial charge in [-0.05, 0) is 6.07 Å². The van der Waals surface area contributed by atoms with E-state index in [0.717, 1.165) is 37.5 Å². The van der Waals surface area contributed by atoms with Crippen molar-refractivity contribution in [2.24, 2.45) is 0 Å². The van der Waals surface area contributed by atoms with E-state index in [2.05, 4.69) is 25.2 Å². The smallest absolute Gasteiger partial charge is 0.154 e. The summed E-state index contributed by atoms with van der Waals surface area (Å²) < 4.78 is 1.89. The van der Waals surface area contributed by atoms with Crippen molar-refractivity contribution in [2.75, 3.05) is 44.2 Å². The Morgan fingerprint density at radius 3 is 2.84 bits per heavy atom. The number of aromatic nitrogens is 3. The monoisotopic (exact) mass is 258 g/mol. The molecule has 0 saturated carbocycles. The van der Waals surface area contributed by atoms with Gasteiger partial charge in [-0.3, -0.25) is 4.90 Å². The Labute approximate surface area is 112 Å². The molecule has 2 saturated heterocycles. The number of piperazine rings is 1. The molecule has 4 rings (SSSR count). The molecular formula is C13H18N6. The van der Waals surface area contributed by atoms with Crippen LogP contribution in [0.25, 0.3) is 5.52 Å². The lowest BCUT2D eigenvalue weighted by Crippen LogP contribution is -2.63. The molecule has 2 aliphatic heterocycles. The highest BCUT2D eigenvalue weighted by Gasteiger charge is 2.33. The molecule has 0 radical (unpaired) electrons. The van der Waals surface area contributed by atoms with Crippen LogP contribution in [0, 0.1) is 0 Å². The predicted octanol–water partition coefficient (Wildman–Crippen LogP) is -0.177. The largest absolute Gasteiger partial charge is 0.352 e. The minimum atomic E-state index is 0.687. The van der Waals surface area contributed by atoms with Gasteiger partial charge in [-0.1, -0.05) is 0 Å². The highest BCUT2D eigenvalue weighted by Crippen LogP contribution is 2.25. The van der Waals surface area contributed by atoms with Crippen LogP contribution in [0.15, 0.2) is 24.7 Å². The van der Waals surface area contributed by atoms with Gasteiger partial charge in [0.1, 0.15) is 5.52 Å². The van der Waals surface area contributed by atoms with E-state index in [1.165, 1.54) is 13.1 Å². The van der Waals surface area contributed by atoms with Crippen LogP contribution in [-0.2, 0) is 0 Å². The molecule has 0 bridgehead atoms. The number of nitrogens with zero attached hydrogens (tertiary/aromatic N) is 5. The minimum Gasteiger partial charge on any atom is -0.352 e. The minimum absolute atomic E-state index is 0.687. The van der Waals surface area contributed by atoms with Crippen molar-refractivity contribution in [1.29, 1.82) is 0 Å². The first kappa shape index (κ1) is 11.2. The average Bonchev–Trinajstić information content (AvgIpc) is 2.87. The van der Waals surface area contributed by atoms with E-state index >= 15 is 0 Å². The van der Waals surface area contributed by atoms with Gasteiger partial charge in [0.15, 0.2) is 5.82 Å². The maximum absolute atomic E-state index is 4.51. The second kappa shape index (κ2) is 4.47. The van der Waals surface area contributed by atoms with Gasteiger partial charge in [0.05, 0.1) is 6.20 Å². The summed E-state index contributed by atoms with van der Waals surface area (Å²) in [4.78, 5) is 9.45. The van der Waals surface area contributed by atoms with Crippen LogP contribution in [0.2, 0.25) is 0 Å². The van der Waals surface area contributed by atoms with E-state index in [1.54, 1.807) is 0 Å². The molecule has 0 unspecified atom stereocenters. The number of anilines is 1. The molecule has 1 N–H and O–H groups in total. The van der Waals surface area contributed by atoms with Gasteiger partial charge >= 0.3 is 0 Å². The molecule has 2 aromatic heterocycles. The lowest BCUT2D eigenvalue weighted by molar-refractivity contribution is 0.147. The zero-order chi connectivity index (χ0) is 12.7. The van der Waals surface area contributed by atoms with Crippen LogP contribution >= 0.6 is 0 Å². The van der Waals surface area contributed by atoms with Crippen molar-refractivity contribution < 1.29 is 0 Å². The number of rotatable bonds is 2. The normalized spacial score (nSPS) is 21.8. The molecule has 0 aliphatic carbocycles. The van der Waals surface area contributed by atoms with E-state index in [4.69, 9.17) is 0 Å². The predicted molar refractivity (Wildman–Crippen MR) is 73.4 cm³/mol. The summed E-state index contributed by atoms with van der Waals surface area (Å²) in [5.41, 5.74) is 1.10. The third-order valence-corrected chi connectivity index (χ3v) is 4.13. The van der Waals surface area contributed by atoms with Crippen molar-refractivity contribution >= 4 is 11.3 Å². The standard InChI is InChI=1S/C13H18N6/c1-2-16-19-8-5-15-13(12(1)19)18-9-11(10-18)17-6-3-14-4-7-17/h1-2,5,8,11,14H,3-4,6-7,9-10H2. The van der Waals surface area contributed by atoms with Crippen molar-refractivity contribution in [2.45, 2.75) is 6.04 Å². The molecule has 2 fully saturated rings. The van der Waals surface area contributed by atoms with Gasteiger partial charge < -0.3 is 10.2 Å². The molecule has 2 aromatic rings.